The van der Waals surface area contributed by atoms with E-state index in [9.17, 15) is 13.2 Å². The maximum Gasteiger partial charge on any atom is 0.408 e. The van der Waals surface area contributed by atoms with Gasteiger partial charge in [-0.3, -0.25) is 4.68 Å². The van der Waals surface area contributed by atoms with Gasteiger partial charge in [-0.15, -0.1) is 0 Å². The topological polar surface area (TPSA) is 17.8 Å². The molecule has 0 radical (unpaired) electrons. The first-order chi connectivity index (χ1) is 6.46. The zero-order chi connectivity index (χ0) is 10.3. The predicted molar refractivity (Wildman–Crippen MR) is 48.0 cm³/mol. The normalized spacial score (nSPS) is 17.4. The Balaban J connectivity index is 2.15. The fourth-order valence-electron chi connectivity index (χ4n) is 1.31. The van der Waals surface area contributed by atoms with E-state index >= 15 is 0 Å². The molecule has 0 atom stereocenters. The van der Waals surface area contributed by atoms with Crippen molar-refractivity contribution in [2.45, 2.75) is 31.5 Å². The monoisotopic (exact) mass is 268 g/mol. The van der Waals surface area contributed by atoms with Crippen molar-refractivity contribution in [3.8, 4) is 0 Å². The molecule has 0 amide bonds. The molecule has 0 saturated heterocycles. The fraction of sp³-hybridized carbons (Fsp3) is 0.625. The van der Waals surface area contributed by atoms with E-state index in [1.165, 1.54) is 6.20 Å². The van der Waals surface area contributed by atoms with Crippen LogP contribution in [0.1, 0.15) is 24.5 Å². The molecule has 78 valence electrons. The molecule has 1 heterocycles. The standard InChI is InChI=1S/C8H8BrF3N2/c9-6-3-14(4-8(10,11)12)13-7(6)5-1-2-5/h3,5H,1-2,4H2. The van der Waals surface area contributed by atoms with Gasteiger partial charge < -0.3 is 0 Å². The van der Waals surface area contributed by atoms with Gasteiger partial charge in [-0.1, -0.05) is 0 Å². The summed E-state index contributed by atoms with van der Waals surface area (Å²) in [5.41, 5.74) is 0.759. The van der Waals surface area contributed by atoms with E-state index in [0.717, 1.165) is 23.2 Å². The molecule has 1 aliphatic carbocycles. The Bertz CT molecular complexity index is 341. The molecule has 1 fully saturated rings. The number of aromatic nitrogens is 2. The number of hydrogen-bond acceptors (Lipinski definition) is 1. The minimum absolute atomic E-state index is 0.360. The van der Waals surface area contributed by atoms with E-state index in [2.05, 4.69) is 21.0 Å². The van der Waals surface area contributed by atoms with Crippen LogP contribution in [-0.4, -0.2) is 16.0 Å². The smallest absolute Gasteiger partial charge is 0.262 e. The first kappa shape index (κ1) is 10.0. The Kier molecular flexibility index (Phi) is 2.33. The molecule has 1 aromatic rings. The molecule has 0 aromatic carbocycles. The van der Waals surface area contributed by atoms with Gasteiger partial charge in [0, 0.05) is 12.1 Å². The zero-order valence-corrected chi connectivity index (χ0v) is 8.77. The average Bonchev–Trinajstić information content (AvgIpc) is 2.75. The SMILES string of the molecule is FC(F)(F)Cn1cc(Br)c(C2CC2)n1. The summed E-state index contributed by atoms with van der Waals surface area (Å²) in [4.78, 5) is 0. The molecule has 2 nitrogen and oxygen atoms in total. The van der Waals surface area contributed by atoms with Crippen LogP contribution in [-0.2, 0) is 6.54 Å². The molecule has 0 aliphatic heterocycles. The Morgan fingerprint density at radius 2 is 2.14 bits per heavy atom. The summed E-state index contributed by atoms with van der Waals surface area (Å²) in [5.74, 6) is 0.360. The zero-order valence-electron chi connectivity index (χ0n) is 7.18. The Morgan fingerprint density at radius 1 is 1.50 bits per heavy atom. The molecule has 2 rings (SSSR count). The third kappa shape index (κ3) is 2.29. The summed E-state index contributed by atoms with van der Waals surface area (Å²) in [7, 11) is 0. The lowest BCUT2D eigenvalue weighted by molar-refractivity contribution is -0.142. The third-order valence-electron chi connectivity index (χ3n) is 2.05. The van der Waals surface area contributed by atoms with Crippen LogP contribution in [0.3, 0.4) is 0 Å². The van der Waals surface area contributed by atoms with E-state index in [-0.39, 0.29) is 0 Å². The van der Waals surface area contributed by atoms with Gasteiger partial charge in [0.15, 0.2) is 0 Å². The number of alkyl halides is 3. The van der Waals surface area contributed by atoms with E-state index in [1.54, 1.807) is 0 Å². The highest BCUT2D eigenvalue weighted by Crippen LogP contribution is 2.42. The van der Waals surface area contributed by atoms with Crippen molar-refractivity contribution in [1.82, 2.24) is 9.78 Å². The van der Waals surface area contributed by atoms with Gasteiger partial charge in [-0.2, -0.15) is 18.3 Å². The summed E-state index contributed by atoms with van der Waals surface area (Å²) in [5, 5.41) is 3.91. The van der Waals surface area contributed by atoms with Crippen LogP contribution in [0.2, 0.25) is 0 Å². The molecule has 1 aromatic heterocycles. The van der Waals surface area contributed by atoms with Gasteiger partial charge in [-0.05, 0) is 28.8 Å². The lowest BCUT2D eigenvalue weighted by atomic mass is 10.3. The van der Waals surface area contributed by atoms with Crippen LogP contribution in [0, 0.1) is 0 Å². The summed E-state index contributed by atoms with van der Waals surface area (Å²) < 4.78 is 37.7. The van der Waals surface area contributed by atoms with Gasteiger partial charge in [0.25, 0.3) is 0 Å². The van der Waals surface area contributed by atoms with E-state index in [4.69, 9.17) is 0 Å². The van der Waals surface area contributed by atoms with Crippen LogP contribution < -0.4 is 0 Å². The molecule has 6 heteroatoms. The molecule has 1 aliphatic rings. The number of nitrogens with zero attached hydrogens (tertiary/aromatic N) is 2. The first-order valence-corrected chi connectivity index (χ1v) is 5.04. The second kappa shape index (κ2) is 3.25. The van der Waals surface area contributed by atoms with E-state index < -0.39 is 12.7 Å². The number of halogens is 4. The van der Waals surface area contributed by atoms with Crippen molar-refractivity contribution in [1.29, 1.82) is 0 Å². The Hall–Kier alpha value is -0.520. The summed E-state index contributed by atoms with van der Waals surface area (Å²) in [6.07, 6.45) is -0.753. The molecule has 0 unspecified atom stereocenters. The van der Waals surface area contributed by atoms with Crippen LogP contribution in [0.5, 0.6) is 0 Å². The van der Waals surface area contributed by atoms with Crippen LogP contribution in [0.15, 0.2) is 10.7 Å². The predicted octanol–water partition coefficient (Wildman–Crippen LogP) is 3.09. The van der Waals surface area contributed by atoms with Crippen molar-refractivity contribution in [3.05, 3.63) is 16.4 Å². The van der Waals surface area contributed by atoms with Crippen molar-refractivity contribution >= 4 is 15.9 Å². The van der Waals surface area contributed by atoms with Crippen molar-refractivity contribution in [2.75, 3.05) is 0 Å². The number of rotatable bonds is 2. The quantitative estimate of drug-likeness (QED) is 0.806. The third-order valence-corrected chi connectivity index (χ3v) is 2.66. The van der Waals surface area contributed by atoms with Crippen molar-refractivity contribution < 1.29 is 13.2 Å². The van der Waals surface area contributed by atoms with Gasteiger partial charge in [0.1, 0.15) is 6.54 Å². The van der Waals surface area contributed by atoms with Gasteiger partial charge in [0.2, 0.25) is 0 Å². The molecular formula is C8H8BrF3N2. The molecule has 0 bridgehead atoms. The molecular weight excluding hydrogens is 261 g/mol. The summed E-state index contributed by atoms with van der Waals surface area (Å²) >= 11 is 3.21. The van der Waals surface area contributed by atoms with Crippen LogP contribution in [0.4, 0.5) is 13.2 Å². The average molecular weight is 269 g/mol. The maximum atomic E-state index is 12.0. The highest BCUT2D eigenvalue weighted by atomic mass is 79.9. The van der Waals surface area contributed by atoms with Crippen molar-refractivity contribution in [3.63, 3.8) is 0 Å². The largest absolute Gasteiger partial charge is 0.408 e. The van der Waals surface area contributed by atoms with E-state index in [0.29, 0.717) is 10.4 Å². The second-order valence-electron chi connectivity index (χ2n) is 3.45. The summed E-state index contributed by atoms with van der Waals surface area (Å²) in [6, 6.07) is 0. The van der Waals surface area contributed by atoms with Crippen LogP contribution >= 0.6 is 15.9 Å². The highest BCUT2D eigenvalue weighted by molar-refractivity contribution is 9.10. The molecule has 14 heavy (non-hydrogen) atoms. The molecule has 1 saturated carbocycles. The van der Waals surface area contributed by atoms with Gasteiger partial charge in [0.05, 0.1) is 10.2 Å². The Labute approximate surface area is 87.2 Å². The molecule has 0 spiro atoms. The lowest BCUT2D eigenvalue weighted by Crippen LogP contribution is -2.18. The van der Waals surface area contributed by atoms with Crippen LogP contribution in [0.25, 0.3) is 0 Å². The fourth-order valence-corrected chi connectivity index (χ4v) is 1.95. The van der Waals surface area contributed by atoms with E-state index in [1.807, 2.05) is 0 Å². The molecule has 0 N–H and O–H groups in total. The van der Waals surface area contributed by atoms with Crippen molar-refractivity contribution in [2.24, 2.45) is 0 Å². The Morgan fingerprint density at radius 3 is 2.64 bits per heavy atom. The van der Waals surface area contributed by atoms with Gasteiger partial charge in [-0.25, -0.2) is 0 Å². The maximum absolute atomic E-state index is 12.0. The van der Waals surface area contributed by atoms with Gasteiger partial charge >= 0.3 is 6.18 Å². The lowest BCUT2D eigenvalue weighted by Gasteiger charge is -2.05. The second-order valence-corrected chi connectivity index (χ2v) is 4.30. The minimum Gasteiger partial charge on any atom is -0.262 e. The minimum atomic E-state index is -4.20. The first-order valence-electron chi connectivity index (χ1n) is 4.25. The number of hydrogen-bond donors (Lipinski definition) is 0. The summed E-state index contributed by atoms with van der Waals surface area (Å²) in [6.45, 7) is -1.02. The highest BCUT2D eigenvalue weighted by Gasteiger charge is 2.32.